The van der Waals surface area contributed by atoms with E-state index in [9.17, 15) is 13.6 Å². The molecular formula is C22H33F2N5O2S. The molecule has 0 aliphatic carbocycles. The summed E-state index contributed by atoms with van der Waals surface area (Å²) in [5, 5.41) is 3.99. The fraction of sp³-hybridized carbons (Fsp3) is 0.455. The molecule has 0 aliphatic heterocycles. The van der Waals surface area contributed by atoms with E-state index in [0.29, 0.717) is 16.4 Å². The van der Waals surface area contributed by atoms with Crippen LogP contribution in [0.1, 0.15) is 50.7 Å². The molecule has 178 valence electrons. The number of aliphatic imine (C=N–C) groups is 1. The molecule has 0 aliphatic rings. The van der Waals surface area contributed by atoms with Crippen LogP contribution >= 0.6 is 11.3 Å². The van der Waals surface area contributed by atoms with Gasteiger partial charge in [-0.2, -0.15) is 8.78 Å². The van der Waals surface area contributed by atoms with E-state index in [1.54, 1.807) is 6.34 Å². The summed E-state index contributed by atoms with van der Waals surface area (Å²) < 4.78 is 25.6. The number of nitrogens with one attached hydrogen (secondary N) is 1. The van der Waals surface area contributed by atoms with Crippen molar-refractivity contribution in [1.82, 2.24) is 14.9 Å². The number of alkyl halides is 2. The van der Waals surface area contributed by atoms with Gasteiger partial charge in [0.15, 0.2) is 6.29 Å². The highest BCUT2D eigenvalue weighted by molar-refractivity contribution is 7.21. The van der Waals surface area contributed by atoms with Crippen molar-refractivity contribution in [2.45, 2.75) is 47.7 Å². The summed E-state index contributed by atoms with van der Waals surface area (Å²) in [4.78, 5) is 27.7. The van der Waals surface area contributed by atoms with E-state index >= 15 is 0 Å². The smallest absolute Gasteiger partial charge is 0.345 e. The van der Waals surface area contributed by atoms with Crippen molar-refractivity contribution in [1.29, 1.82) is 0 Å². The second-order valence-electron chi connectivity index (χ2n) is 5.86. The van der Waals surface area contributed by atoms with Gasteiger partial charge in [-0.25, -0.2) is 15.0 Å². The van der Waals surface area contributed by atoms with Gasteiger partial charge < -0.3 is 15.0 Å². The van der Waals surface area contributed by atoms with Crippen molar-refractivity contribution in [3.8, 4) is 0 Å². The minimum atomic E-state index is -2.67. The molecule has 0 amide bonds. The number of aromatic nitrogens is 2. The Labute approximate surface area is 192 Å². The van der Waals surface area contributed by atoms with Gasteiger partial charge in [0.2, 0.25) is 0 Å². The fourth-order valence-electron chi connectivity index (χ4n) is 2.26. The van der Waals surface area contributed by atoms with Crippen molar-refractivity contribution in [2.24, 2.45) is 4.99 Å². The molecular weight excluding hydrogens is 436 g/mol. The zero-order valence-corrected chi connectivity index (χ0v) is 20.4. The molecule has 0 saturated carbocycles. The number of carbonyl (C=O) groups excluding carboxylic acids is 1. The Kier molecular flexibility index (Phi) is 15.5. The van der Waals surface area contributed by atoms with Crippen molar-refractivity contribution in [2.75, 3.05) is 25.5 Å². The molecule has 10 heteroatoms. The topological polar surface area (TPSA) is 79.7 Å². The predicted molar refractivity (Wildman–Crippen MR) is 130 cm³/mol. The predicted octanol–water partition coefficient (Wildman–Crippen LogP) is 6.28. The van der Waals surface area contributed by atoms with Gasteiger partial charge >= 0.3 is 6.61 Å². The van der Waals surface area contributed by atoms with Gasteiger partial charge in [0.05, 0.1) is 28.9 Å². The third-order valence-corrected chi connectivity index (χ3v) is 4.71. The number of rotatable bonds is 10. The summed E-state index contributed by atoms with van der Waals surface area (Å²) in [5.41, 5.74) is 1.72. The highest BCUT2D eigenvalue weighted by Gasteiger charge is 2.16. The third kappa shape index (κ3) is 9.61. The first-order chi connectivity index (χ1) is 15.4. The molecule has 2 rings (SSSR count). The number of carbonyl (C=O) groups is 1. The van der Waals surface area contributed by atoms with Crippen molar-refractivity contribution in [3.63, 3.8) is 0 Å². The summed E-state index contributed by atoms with van der Waals surface area (Å²) in [6.07, 6.45) is 8.39. The molecule has 0 radical (unpaired) electrons. The largest absolute Gasteiger partial charge is 0.370 e. The maximum absolute atomic E-state index is 11.4. The highest BCUT2D eigenvalue weighted by Crippen LogP contribution is 2.39. The number of allylic oxidation sites excluding steroid dienone is 2. The van der Waals surface area contributed by atoms with E-state index in [4.69, 9.17) is 0 Å². The number of fused-ring (bicyclic) bond motifs is 1. The SMILES string of the molecule is C=CCOC(F)F.CC.CC/C=C(\C)N(C)C=Nc1c(C=O)sc2ncnc(NCC)c12. The Morgan fingerprint density at radius 3 is 2.56 bits per heavy atom. The zero-order valence-electron chi connectivity index (χ0n) is 19.6. The first-order valence-corrected chi connectivity index (χ1v) is 11.1. The number of ether oxygens (including phenoxy) is 1. The number of hydrogen-bond acceptors (Lipinski definition) is 7. The van der Waals surface area contributed by atoms with Gasteiger partial charge in [-0.1, -0.05) is 32.9 Å². The summed E-state index contributed by atoms with van der Waals surface area (Å²) in [6.45, 7) is 11.3. The van der Waals surface area contributed by atoms with Crippen LogP contribution in [0.15, 0.2) is 35.7 Å². The number of halogens is 2. The second kappa shape index (κ2) is 16.9. The first-order valence-electron chi connectivity index (χ1n) is 10.3. The van der Waals surface area contributed by atoms with E-state index in [2.05, 4.69) is 44.6 Å². The van der Waals surface area contributed by atoms with Crippen LogP contribution in [-0.2, 0) is 4.74 Å². The van der Waals surface area contributed by atoms with Gasteiger partial charge in [0.25, 0.3) is 0 Å². The lowest BCUT2D eigenvalue weighted by Gasteiger charge is -2.13. The van der Waals surface area contributed by atoms with Crippen LogP contribution in [0, 0.1) is 0 Å². The maximum Gasteiger partial charge on any atom is 0.345 e. The average Bonchev–Trinajstić information content (AvgIpc) is 3.16. The second-order valence-corrected chi connectivity index (χ2v) is 6.89. The number of hydrogen-bond donors (Lipinski definition) is 1. The molecule has 0 aromatic carbocycles. The minimum absolute atomic E-state index is 0.0856. The molecule has 0 spiro atoms. The number of anilines is 1. The van der Waals surface area contributed by atoms with Crippen LogP contribution in [0.3, 0.4) is 0 Å². The lowest BCUT2D eigenvalue weighted by Crippen LogP contribution is -2.12. The highest BCUT2D eigenvalue weighted by atomic mass is 32.1. The molecule has 2 aromatic rings. The third-order valence-electron chi connectivity index (χ3n) is 3.70. The van der Waals surface area contributed by atoms with Crippen LogP contribution in [0.25, 0.3) is 10.2 Å². The molecule has 0 atom stereocenters. The van der Waals surface area contributed by atoms with Gasteiger partial charge in [-0.15, -0.1) is 17.9 Å². The van der Waals surface area contributed by atoms with Crippen molar-refractivity contribution >= 4 is 45.7 Å². The Hall–Kier alpha value is -2.72. The normalized spacial score (nSPS) is 11.0. The van der Waals surface area contributed by atoms with E-state index < -0.39 is 6.61 Å². The molecule has 0 fully saturated rings. The van der Waals surface area contributed by atoms with Crippen molar-refractivity contribution in [3.05, 3.63) is 35.6 Å². The quantitative estimate of drug-likeness (QED) is 0.191. The van der Waals surface area contributed by atoms with Gasteiger partial charge in [0, 0.05) is 19.3 Å². The van der Waals surface area contributed by atoms with Gasteiger partial charge in [-0.3, -0.25) is 4.79 Å². The van der Waals surface area contributed by atoms with E-state index in [-0.39, 0.29) is 6.61 Å². The molecule has 0 saturated heterocycles. The summed E-state index contributed by atoms with van der Waals surface area (Å²) >= 11 is 1.33. The molecule has 2 aromatic heterocycles. The van der Waals surface area contributed by atoms with Crippen LogP contribution in [0.2, 0.25) is 0 Å². The van der Waals surface area contributed by atoms with Crippen molar-refractivity contribution < 1.29 is 18.3 Å². The monoisotopic (exact) mass is 469 g/mol. The zero-order chi connectivity index (χ0) is 24.5. The van der Waals surface area contributed by atoms with Gasteiger partial charge in [0.1, 0.15) is 17.0 Å². The average molecular weight is 470 g/mol. The Morgan fingerprint density at radius 1 is 1.38 bits per heavy atom. The summed E-state index contributed by atoms with van der Waals surface area (Å²) in [6, 6.07) is 0. The molecule has 0 unspecified atom stereocenters. The van der Waals surface area contributed by atoms with Gasteiger partial charge in [-0.05, 0) is 20.3 Å². The Balaban J connectivity index is 0.000000911. The van der Waals surface area contributed by atoms with E-state index in [1.807, 2.05) is 39.6 Å². The first kappa shape index (κ1) is 29.3. The standard InChI is InChI=1S/C16H21N5OS.C4H6F2O.C2H6/c1-5-7-11(3)21(4)10-20-14-12(8-22)23-16-13(14)15(17-6-2)18-9-19-16;1-2-3-7-4(5)6;1-2/h7-10H,5-6H2,1-4H3,(H,17,18,19);2,4H,1,3H2;1-2H3/b11-7+,20-10?;;. The van der Waals surface area contributed by atoms with E-state index in [0.717, 1.165) is 35.2 Å². The maximum atomic E-state index is 11.4. The minimum Gasteiger partial charge on any atom is -0.370 e. The molecule has 7 nitrogen and oxygen atoms in total. The number of aldehydes is 1. The number of thiophene rings is 1. The lowest BCUT2D eigenvalue weighted by molar-refractivity contribution is -0.119. The van der Waals surface area contributed by atoms with E-state index in [1.165, 1.54) is 23.7 Å². The molecule has 1 N–H and O–H groups in total. The van der Waals surface area contributed by atoms with Crippen LogP contribution in [-0.4, -0.2) is 54.3 Å². The Morgan fingerprint density at radius 2 is 2.06 bits per heavy atom. The fourth-order valence-corrected chi connectivity index (χ4v) is 3.16. The van der Waals surface area contributed by atoms with Crippen LogP contribution in [0.4, 0.5) is 20.3 Å². The summed E-state index contributed by atoms with van der Waals surface area (Å²) in [5.74, 6) is 0.706. The lowest BCUT2D eigenvalue weighted by atomic mass is 10.3. The number of nitrogens with zero attached hydrogens (tertiary/aromatic N) is 4. The summed E-state index contributed by atoms with van der Waals surface area (Å²) in [7, 11) is 1.93. The Bertz CT molecular complexity index is 885. The molecule has 2 heterocycles. The van der Waals surface area contributed by atoms with Crippen LogP contribution in [0.5, 0.6) is 0 Å². The molecule has 32 heavy (non-hydrogen) atoms. The van der Waals surface area contributed by atoms with Crippen LogP contribution < -0.4 is 5.32 Å². The molecule has 0 bridgehead atoms.